The number of nitrogens with zero attached hydrogens (tertiary/aromatic N) is 2. The average Bonchev–Trinajstić information content (AvgIpc) is 2.93. The molecule has 78 valence electrons. The number of nitrogens with one attached hydrogen (secondary N) is 1. The van der Waals surface area contributed by atoms with E-state index in [9.17, 15) is 0 Å². The van der Waals surface area contributed by atoms with Gasteiger partial charge in [0.15, 0.2) is 0 Å². The van der Waals surface area contributed by atoms with Gasteiger partial charge >= 0.3 is 0 Å². The van der Waals surface area contributed by atoms with Gasteiger partial charge in [-0.15, -0.1) is 0 Å². The summed E-state index contributed by atoms with van der Waals surface area (Å²) < 4.78 is 2.05. The van der Waals surface area contributed by atoms with Gasteiger partial charge in [-0.25, -0.2) is 4.68 Å². The molecule has 1 fully saturated rings. The molecule has 1 aromatic rings. The highest BCUT2D eigenvalue weighted by atomic mass is 15.3. The van der Waals surface area contributed by atoms with Crippen molar-refractivity contribution >= 4 is 5.82 Å². The summed E-state index contributed by atoms with van der Waals surface area (Å²) in [5.74, 6) is 2.06. The molecule has 1 saturated carbocycles. The zero-order valence-corrected chi connectivity index (χ0v) is 9.03. The Hall–Kier alpha value is -0.990. The Bertz CT molecular complexity index is 288. The van der Waals surface area contributed by atoms with Crippen LogP contribution in [0.5, 0.6) is 0 Å². The van der Waals surface area contributed by atoms with Crippen LogP contribution in [0, 0.1) is 5.92 Å². The van der Waals surface area contributed by atoms with E-state index in [2.05, 4.69) is 35.0 Å². The number of hydrogen-bond acceptors (Lipinski definition) is 2. The van der Waals surface area contributed by atoms with Crippen LogP contribution in [0.1, 0.15) is 33.1 Å². The fourth-order valence-corrected chi connectivity index (χ4v) is 1.79. The van der Waals surface area contributed by atoms with Gasteiger partial charge in [0.2, 0.25) is 0 Å². The lowest BCUT2D eigenvalue weighted by Crippen LogP contribution is -2.20. The van der Waals surface area contributed by atoms with E-state index >= 15 is 0 Å². The molecule has 1 unspecified atom stereocenters. The quantitative estimate of drug-likeness (QED) is 0.778. The summed E-state index contributed by atoms with van der Waals surface area (Å²) in [5.41, 5.74) is 0. The van der Waals surface area contributed by atoms with Gasteiger partial charge in [0.25, 0.3) is 0 Å². The Labute approximate surface area is 85.5 Å². The Kier molecular flexibility index (Phi) is 2.75. The fourth-order valence-electron chi connectivity index (χ4n) is 1.79. The molecule has 1 aliphatic rings. The molecule has 0 aromatic carbocycles. The van der Waals surface area contributed by atoms with E-state index in [0.717, 1.165) is 18.9 Å². The van der Waals surface area contributed by atoms with Crippen LogP contribution in [0.3, 0.4) is 0 Å². The van der Waals surface area contributed by atoms with Crippen LogP contribution in [-0.2, 0) is 6.54 Å². The van der Waals surface area contributed by atoms with Crippen molar-refractivity contribution in [1.82, 2.24) is 9.78 Å². The first-order valence-electron chi connectivity index (χ1n) is 5.59. The highest BCUT2D eigenvalue weighted by molar-refractivity contribution is 5.35. The van der Waals surface area contributed by atoms with Gasteiger partial charge in [-0.2, -0.15) is 5.10 Å². The van der Waals surface area contributed by atoms with E-state index in [-0.39, 0.29) is 0 Å². The molecule has 1 N–H and O–H groups in total. The molecule has 1 heterocycles. The Morgan fingerprint density at radius 2 is 2.43 bits per heavy atom. The fraction of sp³-hybridized carbons (Fsp3) is 0.727. The maximum Gasteiger partial charge on any atom is 0.124 e. The molecule has 0 bridgehead atoms. The van der Waals surface area contributed by atoms with Crippen molar-refractivity contribution in [3.63, 3.8) is 0 Å². The first kappa shape index (κ1) is 9.56. The van der Waals surface area contributed by atoms with E-state index in [1.54, 1.807) is 0 Å². The Morgan fingerprint density at radius 3 is 3.07 bits per heavy atom. The van der Waals surface area contributed by atoms with Crippen LogP contribution in [0.15, 0.2) is 12.3 Å². The minimum Gasteiger partial charge on any atom is -0.368 e. The number of anilines is 1. The van der Waals surface area contributed by atoms with E-state index in [1.807, 2.05) is 6.20 Å². The number of rotatable bonds is 5. The maximum absolute atomic E-state index is 4.29. The summed E-state index contributed by atoms with van der Waals surface area (Å²) in [6.07, 6.45) is 5.78. The highest BCUT2D eigenvalue weighted by Gasteiger charge is 2.28. The van der Waals surface area contributed by atoms with Gasteiger partial charge in [0, 0.05) is 18.7 Å². The molecule has 0 saturated heterocycles. The minimum absolute atomic E-state index is 0.599. The van der Waals surface area contributed by atoms with E-state index in [1.165, 1.54) is 18.7 Å². The smallest absolute Gasteiger partial charge is 0.124 e. The van der Waals surface area contributed by atoms with Gasteiger partial charge in [-0.1, -0.05) is 6.92 Å². The van der Waals surface area contributed by atoms with Crippen molar-refractivity contribution in [2.24, 2.45) is 5.92 Å². The second-order valence-electron chi connectivity index (χ2n) is 4.21. The molecule has 14 heavy (non-hydrogen) atoms. The predicted molar refractivity (Wildman–Crippen MR) is 58.3 cm³/mol. The van der Waals surface area contributed by atoms with Crippen LogP contribution in [0.4, 0.5) is 5.82 Å². The summed E-state index contributed by atoms with van der Waals surface area (Å²) in [4.78, 5) is 0. The Morgan fingerprint density at radius 1 is 1.64 bits per heavy atom. The SMILES string of the molecule is CCCn1nccc1NC(C)C1CC1. The zero-order valence-electron chi connectivity index (χ0n) is 9.03. The summed E-state index contributed by atoms with van der Waals surface area (Å²) >= 11 is 0. The third-order valence-corrected chi connectivity index (χ3v) is 2.86. The molecule has 2 rings (SSSR count). The largest absolute Gasteiger partial charge is 0.368 e. The van der Waals surface area contributed by atoms with Gasteiger partial charge < -0.3 is 5.32 Å². The molecule has 0 spiro atoms. The van der Waals surface area contributed by atoms with E-state index < -0.39 is 0 Å². The van der Waals surface area contributed by atoms with Crippen molar-refractivity contribution in [2.75, 3.05) is 5.32 Å². The summed E-state index contributed by atoms with van der Waals surface area (Å²) in [6.45, 7) is 5.45. The van der Waals surface area contributed by atoms with E-state index in [0.29, 0.717) is 6.04 Å². The monoisotopic (exact) mass is 193 g/mol. The van der Waals surface area contributed by atoms with E-state index in [4.69, 9.17) is 0 Å². The van der Waals surface area contributed by atoms with Crippen molar-refractivity contribution in [2.45, 2.75) is 45.7 Å². The number of aromatic nitrogens is 2. The van der Waals surface area contributed by atoms with Crippen LogP contribution in [0.25, 0.3) is 0 Å². The lowest BCUT2D eigenvalue weighted by atomic mass is 10.2. The van der Waals surface area contributed by atoms with Crippen molar-refractivity contribution < 1.29 is 0 Å². The minimum atomic E-state index is 0.599. The lowest BCUT2D eigenvalue weighted by Gasteiger charge is -2.15. The molecule has 3 heteroatoms. The van der Waals surface area contributed by atoms with Crippen molar-refractivity contribution in [1.29, 1.82) is 0 Å². The molecule has 0 radical (unpaired) electrons. The van der Waals surface area contributed by atoms with Gasteiger partial charge in [-0.3, -0.25) is 0 Å². The van der Waals surface area contributed by atoms with Gasteiger partial charge in [-0.05, 0) is 32.1 Å². The average molecular weight is 193 g/mol. The molecule has 0 aliphatic heterocycles. The van der Waals surface area contributed by atoms with Gasteiger partial charge in [0.1, 0.15) is 5.82 Å². The summed E-state index contributed by atoms with van der Waals surface area (Å²) in [6, 6.07) is 2.66. The first-order valence-corrected chi connectivity index (χ1v) is 5.59. The molecule has 1 aliphatic carbocycles. The maximum atomic E-state index is 4.29. The molecule has 3 nitrogen and oxygen atoms in total. The van der Waals surface area contributed by atoms with Crippen LogP contribution < -0.4 is 5.32 Å². The second-order valence-corrected chi connectivity index (χ2v) is 4.21. The molecule has 0 amide bonds. The first-order chi connectivity index (χ1) is 6.81. The normalized spacial score (nSPS) is 18.1. The number of aryl methyl sites for hydroxylation is 1. The van der Waals surface area contributed by atoms with Crippen molar-refractivity contribution in [3.05, 3.63) is 12.3 Å². The molecular weight excluding hydrogens is 174 g/mol. The summed E-state index contributed by atoms with van der Waals surface area (Å²) in [5, 5.41) is 7.83. The lowest BCUT2D eigenvalue weighted by molar-refractivity contribution is 0.594. The zero-order chi connectivity index (χ0) is 9.97. The van der Waals surface area contributed by atoms with Crippen LogP contribution in [-0.4, -0.2) is 15.8 Å². The standard InChI is InChI=1S/C11H19N3/c1-3-8-14-11(6-7-12-14)13-9(2)10-4-5-10/h6-7,9-10,13H,3-5,8H2,1-2H3. The van der Waals surface area contributed by atoms with Crippen LogP contribution >= 0.6 is 0 Å². The third kappa shape index (κ3) is 2.08. The number of hydrogen-bond donors (Lipinski definition) is 1. The van der Waals surface area contributed by atoms with Gasteiger partial charge in [0.05, 0.1) is 6.20 Å². The second kappa shape index (κ2) is 4.03. The predicted octanol–water partition coefficient (Wildman–Crippen LogP) is 2.50. The van der Waals surface area contributed by atoms with Crippen molar-refractivity contribution in [3.8, 4) is 0 Å². The summed E-state index contributed by atoms with van der Waals surface area (Å²) in [7, 11) is 0. The third-order valence-electron chi connectivity index (χ3n) is 2.86. The Balaban J connectivity index is 1.96. The molecular formula is C11H19N3. The molecule has 1 aromatic heterocycles. The van der Waals surface area contributed by atoms with Crippen LogP contribution in [0.2, 0.25) is 0 Å². The molecule has 1 atom stereocenters. The highest BCUT2D eigenvalue weighted by Crippen LogP contribution is 2.33. The topological polar surface area (TPSA) is 29.9 Å².